The van der Waals surface area contributed by atoms with Crippen LogP contribution in [0, 0.1) is 10.1 Å². The summed E-state index contributed by atoms with van der Waals surface area (Å²) in [5, 5.41) is 25.0. The second-order valence-corrected chi connectivity index (χ2v) is 4.95. The third kappa shape index (κ3) is 3.55. The van der Waals surface area contributed by atoms with Crippen LogP contribution in [0.3, 0.4) is 0 Å². The number of thioether (sulfide) groups is 1. The van der Waals surface area contributed by atoms with E-state index < -0.39 is 11.0 Å². The van der Waals surface area contributed by atoms with Gasteiger partial charge in [-0.1, -0.05) is 11.8 Å². The van der Waals surface area contributed by atoms with Crippen molar-refractivity contribution in [2.75, 3.05) is 5.75 Å². The summed E-state index contributed by atoms with van der Waals surface area (Å²) in [6.07, 6.45) is 5.32. The van der Waals surface area contributed by atoms with Gasteiger partial charge in [0.2, 0.25) is 0 Å². The average Bonchev–Trinajstić information content (AvgIpc) is 2.96. The van der Waals surface area contributed by atoms with Crippen molar-refractivity contribution >= 4 is 17.4 Å². The van der Waals surface area contributed by atoms with Crippen molar-refractivity contribution in [3.05, 3.63) is 34.9 Å². The molecule has 0 bridgehead atoms. The highest BCUT2D eigenvalue weighted by Crippen LogP contribution is 2.16. The van der Waals surface area contributed by atoms with E-state index in [1.807, 2.05) is 17.8 Å². The molecule has 0 aliphatic carbocycles. The van der Waals surface area contributed by atoms with Gasteiger partial charge in [0.05, 0.1) is 17.6 Å². The minimum absolute atomic E-state index is 0.0797. The van der Waals surface area contributed by atoms with Crippen LogP contribution in [0.2, 0.25) is 0 Å². The van der Waals surface area contributed by atoms with Crippen molar-refractivity contribution in [3.8, 4) is 0 Å². The second-order valence-electron chi connectivity index (χ2n) is 3.96. The molecule has 1 unspecified atom stereocenters. The highest BCUT2D eigenvalue weighted by molar-refractivity contribution is 7.99. The molecule has 1 N–H and O–H groups in total. The fourth-order valence-corrected chi connectivity index (χ4v) is 2.32. The molecule has 102 valence electrons. The summed E-state index contributed by atoms with van der Waals surface area (Å²) >= 11 is 1.42. The lowest BCUT2D eigenvalue weighted by atomic mass is 10.4. The molecule has 8 nitrogen and oxygen atoms in total. The van der Waals surface area contributed by atoms with E-state index in [4.69, 9.17) is 0 Å². The maximum atomic E-state index is 10.5. The highest BCUT2D eigenvalue weighted by Gasteiger charge is 2.13. The molecule has 0 aromatic carbocycles. The molecule has 0 saturated carbocycles. The molecule has 1 atom stereocenters. The molecule has 0 spiro atoms. The molecule has 2 rings (SSSR count). The molecule has 0 amide bonds. The predicted octanol–water partition coefficient (Wildman–Crippen LogP) is 0.678. The fourth-order valence-electron chi connectivity index (χ4n) is 1.48. The monoisotopic (exact) mass is 283 g/mol. The number of aromatic nitrogens is 4. The van der Waals surface area contributed by atoms with Crippen molar-refractivity contribution in [1.82, 2.24) is 19.3 Å². The third-order valence-corrected chi connectivity index (χ3v) is 3.61. The first-order valence-electron chi connectivity index (χ1n) is 5.51. The Kier molecular flexibility index (Phi) is 4.17. The standard InChI is InChI=1S/C10H13N5O3S/c1-13-3-2-11-10(13)19-7-9(16)6-14-5-8(4-12-14)15(17)18/h2-5,9,16H,6-7H2,1H3. The van der Waals surface area contributed by atoms with Crippen LogP contribution >= 0.6 is 11.8 Å². The van der Waals surface area contributed by atoms with Crippen LogP contribution < -0.4 is 0 Å². The maximum Gasteiger partial charge on any atom is 0.306 e. The quantitative estimate of drug-likeness (QED) is 0.475. The second kappa shape index (κ2) is 5.85. The predicted molar refractivity (Wildman–Crippen MR) is 68.8 cm³/mol. The summed E-state index contributed by atoms with van der Waals surface area (Å²) in [5.74, 6) is 0.443. The van der Waals surface area contributed by atoms with Crippen LogP contribution in [0.4, 0.5) is 5.69 Å². The zero-order valence-corrected chi connectivity index (χ0v) is 11.0. The first kappa shape index (κ1) is 13.6. The van der Waals surface area contributed by atoms with Crippen LogP contribution in [-0.4, -0.2) is 41.2 Å². The summed E-state index contributed by atoms with van der Waals surface area (Å²) in [5.41, 5.74) is -0.0797. The molecule has 19 heavy (non-hydrogen) atoms. The summed E-state index contributed by atoms with van der Waals surface area (Å²) in [6, 6.07) is 0. The SMILES string of the molecule is Cn1ccnc1SCC(O)Cn1cc([N+](=O)[O-])cn1. The van der Waals surface area contributed by atoms with Crippen LogP contribution in [-0.2, 0) is 13.6 Å². The lowest BCUT2D eigenvalue weighted by Gasteiger charge is -2.09. The van der Waals surface area contributed by atoms with E-state index >= 15 is 0 Å². The lowest BCUT2D eigenvalue weighted by Crippen LogP contribution is -2.19. The summed E-state index contributed by atoms with van der Waals surface area (Å²) in [6.45, 7) is 0.214. The number of nitrogens with zero attached hydrogens (tertiary/aromatic N) is 5. The van der Waals surface area contributed by atoms with Crippen molar-refractivity contribution in [2.45, 2.75) is 17.8 Å². The van der Waals surface area contributed by atoms with Gasteiger partial charge in [0.1, 0.15) is 12.4 Å². The van der Waals surface area contributed by atoms with Gasteiger partial charge in [-0.2, -0.15) is 5.10 Å². The zero-order valence-electron chi connectivity index (χ0n) is 10.2. The van der Waals surface area contributed by atoms with Gasteiger partial charge in [-0.3, -0.25) is 14.8 Å². The van der Waals surface area contributed by atoms with Crippen molar-refractivity contribution in [1.29, 1.82) is 0 Å². The smallest absolute Gasteiger partial charge is 0.306 e. The zero-order chi connectivity index (χ0) is 13.8. The van der Waals surface area contributed by atoms with Gasteiger partial charge in [-0.05, 0) is 0 Å². The van der Waals surface area contributed by atoms with Gasteiger partial charge in [0.15, 0.2) is 5.16 Å². The van der Waals surface area contributed by atoms with Gasteiger partial charge in [0.25, 0.3) is 0 Å². The van der Waals surface area contributed by atoms with E-state index in [1.165, 1.54) is 28.8 Å². The normalized spacial score (nSPS) is 12.5. The van der Waals surface area contributed by atoms with Crippen molar-refractivity contribution in [2.24, 2.45) is 7.05 Å². The van der Waals surface area contributed by atoms with Crippen LogP contribution in [0.25, 0.3) is 0 Å². The van der Waals surface area contributed by atoms with E-state index in [0.29, 0.717) is 5.75 Å². The fraction of sp³-hybridized carbons (Fsp3) is 0.400. The number of aliphatic hydroxyl groups is 1. The minimum atomic E-state index is -0.652. The van der Waals surface area contributed by atoms with E-state index in [9.17, 15) is 15.2 Å². The number of nitro groups is 1. The van der Waals surface area contributed by atoms with Gasteiger partial charge in [-0.15, -0.1) is 0 Å². The Labute approximate surface area is 113 Å². The van der Waals surface area contributed by atoms with E-state index in [0.717, 1.165) is 5.16 Å². The van der Waals surface area contributed by atoms with Crippen molar-refractivity contribution in [3.63, 3.8) is 0 Å². The lowest BCUT2D eigenvalue weighted by molar-refractivity contribution is -0.385. The summed E-state index contributed by atoms with van der Waals surface area (Å²) < 4.78 is 3.22. The Morgan fingerprint density at radius 1 is 1.63 bits per heavy atom. The van der Waals surface area contributed by atoms with Crippen LogP contribution in [0.15, 0.2) is 29.9 Å². The van der Waals surface area contributed by atoms with E-state index in [2.05, 4.69) is 10.1 Å². The van der Waals surface area contributed by atoms with Crippen LogP contribution in [0.1, 0.15) is 0 Å². The molecule has 2 heterocycles. The molecule has 2 aromatic heterocycles. The molecule has 0 aliphatic heterocycles. The molecule has 9 heteroatoms. The van der Waals surface area contributed by atoms with Gasteiger partial charge in [-0.25, -0.2) is 4.98 Å². The van der Waals surface area contributed by atoms with Crippen LogP contribution in [0.5, 0.6) is 0 Å². The molecule has 0 saturated heterocycles. The van der Waals surface area contributed by atoms with Crippen molar-refractivity contribution < 1.29 is 10.0 Å². The number of rotatable bonds is 6. The summed E-state index contributed by atoms with van der Waals surface area (Å²) in [7, 11) is 1.87. The molecular formula is C10H13N5O3S. The molecule has 0 fully saturated rings. The van der Waals surface area contributed by atoms with Gasteiger partial charge >= 0.3 is 5.69 Å². The Hall–Kier alpha value is -1.87. The largest absolute Gasteiger partial charge is 0.390 e. The van der Waals surface area contributed by atoms with E-state index in [1.54, 1.807) is 6.20 Å². The number of hydrogen-bond acceptors (Lipinski definition) is 6. The van der Waals surface area contributed by atoms with Gasteiger partial charge in [0, 0.05) is 25.2 Å². The number of aryl methyl sites for hydroxylation is 1. The third-order valence-electron chi connectivity index (χ3n) is 2.41. The topological polar surface area (TPSA) is 99.0 Å². The number of hydrogen-bond donors (Lipinski definition) is 1. The average molecular weight is 283 g/mol. The Morgan fingerprint density at radius 2 is 2.42 bits per heavy atom. The molecule has 2 aromatic rings. The Bertz CT molecular complexity index is 567. The molecule has 0 aliphatic rings. The minimum Gasteiger partial charge on any atom is -0.390 e. The van der Waals surface area contributed by atoms with E-state index in [-0.39, 0.29) is 12.2 Å². The number of aliphatic hydroxyl groups excluding tert-OH is 1. The molecule has 0 radical (unpaired) electrons. The molecular weight excluding hydrogens is 270 g/mol. The first-order chi connectivity index (χ1) is 9.06. The maximum absolute atomic E-state index is 10.5. The first-order valence-corrected chi connectivity index (χ1v) is 6.50. The highest BCUT2D eigenvalue weighted by atomic mass is 32.2. The number of imidazole rings is 1. The Morgan fingerprint density at radius 3 is 3.00 bits per heavy atom. The van der Waals surface area contributed by atoms with Gasteiger partial charge < -0.3 is 9.67 Å². The Balaban J connectivity index is 1.85. The summed E-state index contributed by atoms with van der Waals surface area (Å²) in [4.78, 5) is 14.1.